The van der Waals surface area contributed by atoms with Crippen LogP contribution in [0.4, 0.5) is 5.69 Å². The van der Waals surface area contributed by atoms with Gasteiger partial charge in [-0.1, -0.05) is 0 Å². The molecule has 130 valence electrons. The molecule has 0 spiro atoms. The lowest BCUT2D eigenvalue weighted by Gasteiger charge is -2.24. The molecule has 2 saturated heterocycles. The highest BCUT2D eigenvalue weighted by molar-refractivity contribution is 5.78. The largest absolute Gasteiger partial charge is 0.490 e. The van der Waals surface area contributed by atoms with Crippen LogP contribution in [0.25, 0.3) is 0 Å². The third-order valence-electron chi connectivity index (χ3n) is 4.59. The topological polar surface area (TPSA) is 93.9 Å². The summed E-state index contributed by atoms with van der Waals surface area (Å²) in [5.41, 5.74) is -0.134. The second-order valence-corrected chi connectivity index (χ2v) is 6.15. The number of nitrogens with zero attached hydrogens (tertiary/aromatic N) is 2. The van der Waals surface area contributed by atoms with Gasteiger partial charge in [0.25, 0.3) is 5.91 Å². The van der Waals surface area contributed by atoms with Crippen molar-refractivity contribution in [3.63, 3.8) is 0 Å². The van der Waals surface area contributed by atoms with Crippen molar-refractivity contribution in [2.24, 2.45) is 0 Å². The van der Waals surface area contributed by atoms with E-state index in [-0.39, 0.29) is 24.0 Å². The molecule has 2 bridgehead atoms. The summed E-state index contributed by atoms with van der Waals surface area (Å²) in [6.07, 6.45) is 3.26. The quantitative estimate of drug-likeness (QED) is 0.644. The van der Waals surface area contributed by atoms with Crippen LogP contribution in [0.3, 0.4) is 0 Å². The Morgan fingerprint density at radius 1 is 1.38 bits per heavy atom. The summed E-state index contributed by atoms with van der Waals surface area (Å²) >= 11 is 0. The second kappa shape index (κ2) is 7.04. The molecule has 0 saturated carbocycles. The fraction of sp³-hybridized carbons (Fsp3) is 0.562. The Hall–Kier alpha value is -2.35. The summed E-state index contributed by atoms with van der Waals surface area (Å²) in [6.45, 7) is 1.36. The third kappa shape index (κ3) is 3.59. The van der Waals surface area contributed by atoms with Crippen LogP contribution in [0.1, 0.15) is 19.3 Å². The molecule has 8 nitrogen and oxygen atoms in total. The molecule has 2 atom stereocenters. The van der Waals surface area contributed by atoms with Crippen LogP contribution in [0, 0.1) is 10.1 Å². The van der Waals surface area contributed by atoms with Gasteiger partial charge in [0.2, 0.25) is 5.75 Å². The van der Waals surface area contributed by atoms with Crippen molar-refractivity contribution in [2.75, 3.05) is 26.8 Å². The predicted octanol–water partition coefficient (Wildman–Crippen LogP) is 1.34. The molecule has 0 aromatic heterocycles. The molecule has 8 heteroatoms. The van der Waals surface area contributed by atoms with E-state index in [0.717, 1.165) is 19.4 Å². The smallest absolute Gasteiger partial charge is 0.311 e. The van der Waals surface area contributed by atoms with Gasteiger partial charge in [0.15, 0.2) is 6.61 Å². The summed E-state index contributed by atoms with van der Waals surface area (Å²) in [4.78, 5) is 24.6. The van der Waals surface area contributed by atoms with E-state index in [1.54, 1.807) is 0 Å². The van der Waals surface area contributed by atoms with E-state index >= 15 is 0 Å². The number of carbonyl (C=O) groups excluding carboxylic acids is 1. The lowest BCUT2D eigenvalue weighted by atomic mass is 10.1. The fourth-order valence-electron chi connectivity index (χ4n) is 3.30. The van der Waals surface area contributed by atoms with Crippen molar-refractivity contribution in [3.8, 4) is 11.5 Å². The monoisotopic (exact) mass is 335 g/mol. The zero-order chi connectivity index (χ0) is 17.1. The molecule has 2 heterocycles. The minimum absolute atomic E-state index is 0.0679. The average molecular weight is 335 g/mol. The number of benzene rings is 1. The van der Waals surface area contributed by atoms with Crippen LogP contribution in [-0.4, -0.2) is 54.6 Å². The lowest BCUT2D eigenvalue weighted by molar-refractivity contribution is -0.385. The normalized spacial score (nSPS) is 22.8. The lowest BCUT2D eigenvalue weighted by Crippen LogP contribution is -2.41. The minimum atomic E-state index is -0.521. The van der Waals surface area contributed by atoms with E-state index < -0.39 is 4.92 Å². The summed E-state index contributed by atoms with van der Waals surface area (Å²) < 4.78 is 10.5. The van der Waals surface area contributed by atoms with Crippen molar-refractivity contribution in [1.29, 1.82) is 0 Å². The van der Waals surface area contributed by atoms with Gasteiger partial charge in [0, 0.05) is 37.3 Å². The van der Waals surface area contributed by atoms with Crippen molar-refractivity contribution >= 4 is 11.6 Å². The number of rotatable bonds is 5. The molecule has 0 aliphatic carbocycles. The fourth-order valence-corrected chi connectivity index (χ4v) is 3.30. The maximum absolute atomic E-state index is 12.4. The van der Waals surface area contributed by atoms with Crippen LogP contribution in [0.2, 0.25) is 0 Å². The number of likely N-dealkylation sites (tertiary alicyclic amines) is 1. The van der Waals surface area contributed by atoms with Crippen LogP contribution in [0.5, 0.6) is 11.5 Å². The van der Waals surface area contributed by atoms with Gasteiger partial charge in [0.1, 0.15) is 5.75 Å². The van der Waals surface area contributed by atoms with E-state index in [4.69, 9.17) is 9.47 Å². The van der Waals surface area contributed by atoms with E-state index in [0.29, 0.717) is 24.4 Å². The third-order valence-corrected chi connectivity index (χ3v) is 4.59. The van der Waals surface area contributed by atoms with E-state index in [2.05, 4.69) is 5.32 Å². The molecular weight excluding hydrogens is 314 g/mol. The van der Waals surface area contributed by atoms with Crippen LogP contribution in [-0.2, 0) is 4.79 Å². The van der Waals surface area contributed by atoms with Gasteiger partial charge in [-0.25, -0.2) is 0 Å². The summed E-state index contributed by atoms with van der Waals surface area (Å²) in [5, 5.41) is 14.4. The van der Waals surface area contributed by atoms with Crippen molar-refractivity contribution in [1.82, 2.24) is 10.2 Å². The minimum Gasteiger partial charge on any atom is -0.490 e. The Balaban J connectivity index is 1.59. The predicted molar refractivity (Wildman–Crippen MR) is 86.3 cm³/mol. The summed E-state index contributed by atoms with van der Waals surface area (Å²) in [5.74, 6) is 0.420. The number of nitro groups is 1. The highest BCUT2D eigenvalue weighted by Crippen LogP contribution is 2.30. The molecule has 0 radical (unpaired) electrons. The number of amides is 1. The highest BCUT2D eigenvalue weighted by atomic mass is 16.6. The highest BCUT2D eigenvalue weighted by Gasteiger charge is 2.31. The first kappa shape index (κ1) is 16.5. The number of nitro benzene ring substituents is 1. The van der Waals surface area contributed by atoms with Gasteiger partial charge >= 0.3 is 5.69 Å². The molecule has 1 amide bonds. The zero-order valence-electron chi connectivity index (χ0n) is 13.6. The number of hydrogen-bond acceptors (Lipinski definition) is 6. The first-order chi connectivity index (χ1) is 11.6. The van der Waals surface area contributed by atoms with E-state index in [9.17, 15) is 14.9 Å². The molecule has 1 N–H and O–H groups in total. The standard InChI is InChI=1S/C16H21N3O5/c1-23-15-8-13(4-5-14(15)19(21)22)24-10-16(20)18-7-6-11-2-3-12(9-18)17-11/h4-5,8,11-12,17H,2-3,6-7,9-10H2,1H3. The Labute approximate surface area is 139 Å². The first-order valence-corrected chi connectivity index (χ1v) is 8.06. The summed E-state index contributed by atoms with van der Waals surface area (Å²) in [7, 11) is 1.36. The Morgan fingerprint density at radius 2 is 2.17 bits per heavy atom. The SMILES string of the molecule is COc1cc(OCC(=O)N2CCC3CCC(C2)N3)ccc1[N+](=O)[O-]. The second-order valence-electron chi connectivity index (χ2n) is 6.15. The first-order valence-electron chi connectivity index (χ1n) is 8.06. The average Bonchev–Trinajstić information content (AvgIpc) is 2.91. The molecule has 2 aliphatic heterocycles. The number of methoxy groups -OCH3 is 1. The van der Waals surface area contributed by atoms with Crippen molar-refractivity contribution in [3.05, 3.63) is 28.3 Å². The molecule has 2 fully saturated rings. The van der Waals surface area contributed by atoms with Gasteiger partial charge in [0.05, 0.1) is 12.0 Å². The van der Waals surface area contributed by atoms with Crippen molar-refractivity contribution < 1.29 is 19.2 Å². The number of ether oxygens (including phenoxy) is 2. The Morgan fingerprint density at radius 3 is 2.92 bits per heavy atom. The van der Waals surface area contributed by atoms with Crippen LogP contribution in [0.15, 0.2) is 18.2 Å². The maximum Gasteiger partial charge on any atom is 0.311 e. The molecule has 2 unspecified atom stereocenters. The summed E-state index contributed by atoms with van der Waals surface area (Å²) in [6, 6.07) is 5.11. The van der Waals surface area contributed by atoms with Gasteiger partial charge in [-0.3, -0.25) is 14.9 Å². The number of fused-ring (bicyclic) bond motifs is 2. The Kier molecular flexibility index (Phi) is 4.84. The van der Waals surface area contributed by atoms with Crippen LogP contribution >= 0.6 is 0 Å². The maximum atomic E-state index is 12.4. The molecule has 24 heavy (non-hydrogen) atoms. The molecule has 1 aromatic carbocycles. The number of carbonyl (C=O) groups is 1. The van der Waals surface area contributed by atoms with E-state index in [1.807, 2.05) is 4.90 Å². The van der Waals surface area contributed by atoms with Crippen molar-refractivity contribution in [2.45, 2.75) is 31.3 Å². The molecule has 3 rings (SSSR count). The molecule has 1 aromatic rings. The molecular formula is C16H21N3O5. The molecule has 2 aliphatic rings. The van der Waals surface area contributed by atoms with Gasteiger partial charge < -0.3 is 19.7 Å². The number of nitrogens with one attached hydrogen (secondary N) is 1. The number of hydrogen-bond donors (Lipinski definition) is 1. The van der Waals surface area contributed by atoms with Gasteiger partial charge in [-0.2, -0.15) is 0 Å². The Bertz CT molecular complexity index is 636. The van der Waals surface area contributed by atoms with E-state index in [1.165, 1.54) is 31.7 Å². The van der Waals surface area contributed by atoms with Crippen LogP contribution < -0.4 is 14.8 Å². The van der Waals surface area contributed by atoms with Gasteiger partial charge in [-0.05, 0) is 25.3 Å². The zero-order valence-corrected chi connectivity index (χ0v) is 13.6. The van der Waals surface area contributed by atoms with Gasteiger partial charge in [-0.15, -0.1) is 0 Å².